The SMILES string of the molecule is CC.CC(C)CCNO.[HH]. The summed E-state index contributed by atoms with van der Waals surface area (Å²) in [5.41, 5.74) is 2.10. The Morgan fingerprint density at radius 2 is 1.89 bits per heavy atom. The predicted octanol–water partition coefficient (Wildman–Crippen LogP) is 2.28. The summed E-state index contributed by atoms with van der Waals surface area (Å²) in [7, 11) is 0. The Hall–Kier alpha value is -0.0800. The summed E-state index contributed by atoms with van der Waals surface area (Å²) in [6.45, 7) is 8.95. The lowest BCUT2D eigenvalue weighted by Crippen LogP contribution is -2.10. The lowest BCUT2D eigenvalue weighted by Gasteiger charge is -1.99. The Kier molecular flexibility index (Phi) is 14.0. The first-order valence-corrected chi connectivity index (χ1v) is 3.64. The highest BCUT2D eigenvalue weighted by Gasteiger charge is 1.88. The lowest BCUT2D eigenvalue weighted by atomic mass is 10.1. The van der Waals surface area contributed by atoms with Gasteiger partial charge >= 0.3 is 0 Å². The van der Waals surface area contributed by atoms with Crippen molar-refractivity contribution in [3.05, 3.63) is 0 Å². The molecule has 0 aromatic rings. The minimum absolute atomic E-state index is 0. The molecule has 0 rings (SSSR count). The van der Waals surface area contributed by atoms with E-state index in [2.05, 4.69) is 19.3 Å². The summed E-state index contributed by atoms with van der Waals surface area (Å²) in [4.78, 5) is 0. The van der Waals surface area contributed by atoms with Crippen molar-refractivity contribution in [2.24, 2.45) is 5.92 Å². The zero-order valence-corrected chi connectivity index (χ0v) is 6.94. The maximum absolute atomic E-state index is 8.07. The first-order chi connectivity index (χ1) is 4.27. The second-order valence-electron chi connectivity index (χ2n) is 2.09. The van der Waals surface area contributed by atoms with E-state index >= 15 is 0 Å². The average molecular weight is 135 g/mol. The van der Waals surface area contributed by atoms with Crippen LogP contribution in [0.15, 0.2) is 0 Å². The van der Waals surface area contributed by atoms with E-state index in [0.717, 1.165) is 6.42 Å². The Bertz CT molecular complexity index is 42.6. The van der Waals surface area contributed by atoms with E-state index in [1.165, 1.54) is 0 Å². The molecule has 2 N–H and O–H groups in total. The third-order valence-electron chi connectivity index (χ3n) is 0.833. The Labute approximate surface area is 59.7 Å². The number of nitrogens with one attached hydrogen (secondary N) is 1. The molecule has 9 heavy (non-hydrogen) atoms. The van der Waals surface area contributed by atoms with Crippen LogP contribution in [0, 0.1) is 5.92 Å². The molecule has 0 atom stereocenters. The average Bonchev–Trinajstić information content (AvgIpc) is 1.88. The highest BCUT2D eigenvalue weighted by molar-refractivity contribution is 4.42. The van der Waals surface area contributed by atoms with E-state index in [1.807, 2.05) is 13.8 Å². The van der Waals surface area contributed by atoms with Crippen LogP contribution in [0.4, 0.5) is 0 Å². The van der Waals surface area contributed by atoms with Crippen LogP contribution in [0.3, 0.4) is 0 Å². The van der Waals surface area contributed by atoms with Crippen molar-refractivity contribution in [3.63, 3.8) is 0 Å². The van der Waals surface area contributed by atoms with Gasteiger partial charge in [-0.2, -0.15) is 0 Å². The summed E-state index contributed by atoms with van der Waals surface area (Å²) in [6.07, 6.45) is 1.04. The second-order valence-corrected chi connectivity index (χ2v) is 2.09. The molecule has 0 amide bonds. The van der Waals surface area contributed by atoms with Crippen LogP contribution in [-0.2, 0) is 0 Å². The van der Waals surface area contributed by atoms with E-state index < -0.39 is 0 Å². The third kappa shape index (κ3) is 18.1. The van der Waals surface area contributed by atoms with Gasteiger partial charge in [0.05, 0.1) is 0 Å². The molecule has 2 heteroatoms. The van der Waals surface area contributed by atoms with Gasteiger partial charge in [0.2, 0.25) is 0 Å². The predicted molar refractivity (Wildman–Crippen MR) is 42.7 cm³/mol. The fraction of sp³-hybridized carbons (Fsp3) is 1.00. The summed E-state index contributed by atoms with van der Waals surface area (Å²) < 4.78 is 0. The molecule has 0 saturated carbocycles. The van der Waals surface area contributed by atoms with Crippen molar-refractivity contribution in [2.75, 3.05) is 6.54 Å². The van der Waals surface area contributed by atoms with Gasteiger partial charge in [0.25, 0.3) is 0 Å². The van der Waals surface area contributed by atoms with Crippen LogP contribution in [0.25, 0.3) is 0 Å². The molecule has 0 aromatic carbocycles. The highest BCUT2D eigenvalue weighted by Crippen LogP contribution is 1.94. The first kappa shape index (κ1) is 11.7. The molecule has 0 aromatic heterocycles. The normalized spacial score (nSPS) is 8.67. The Balaban J connectivity index is -0.000000149. The number of hydroxylamine groups is 1. The van der Waals surface area contributed by atoms with Crippen molar-refractivity contribution >= 4 is 0 Å². The van der Waals surface area contributed by atoms with Gasteiger partial charge in [-0.15, -0.1) is 0 Å². The largest absolute Gasteiger partial charge is 0.317 e. The van der Waals surface area contributed by atoms with E-state index in [-0.39, 0.29) is 1.43 Å². The molecular formula is C7H21NO. The molecule has 0 aliphatic carbocycles. The number of hydrogen-bond donors (Lipinski definition) is 2. The van der Waals surface area contributed by atoms with Gasteiger partial charge in [-0.3, -0.25) is 0 Å². The molecule has 2 nitrogen and oxygen atoms in total. The zero-order valence-electron chi connectivity index (χ0n) is 6.94. The highest BCUT2D eigenvalue weighted by atomic mass is 16.5. The standard InChI is InChI=1S/C5H13NO.C2H6.H2/c1-5(2)3-4-6-7;1-2;/h5-7H,3-4H2,1-2H3;1-2H3;1H. The Morgan fingerprint density at radius 1 is 1.44 bits per heavy atom. The monoisotopic (exact) mass is 135 g/mol. The molecule has 0 fully saturated rings. The van der Waals surface area contributed by atoms with Crippen LogP contribution in [0.1, 0.15) is 35.5 Å². The minimum atomic E-state index is 0. The van der Waals surface area contributed by atoms with Crippen LogP contribution in [0.2, 0.25) is 0 Å². The fourth-order valence-electron chi connectivity index (χ4n) is 0.353. The minimum Gasteiger partial charge on any atom is -0.317 e. The molecule has 0 radical (unpaired) electrons. The van der Waals surface area contributed by atoms with Gasteiger partial charge in [-0.25, -0.2) is 5.48 Å². The summed E-state index contributed by atoms with van der Waals surface area (Å²) in [5, 5.41) is 8.07. The molecule has 0 heterocycles. The van der Waals surface area contributed by atoms with Crippen molar-refractivity contribution in [1.29, 1.82) is 0 Å². The second kappa shape index (κ2) is 10.8. The maximum atomic E-state index is 8.07. The smallest absolute Gasteiger partial charge is 0.0209 e. The Morgan fingerprint density at radius 3 is 2.00 bits per heavy atom. The van der Waals surface area contributed by atoms with Gasteiger partial charge in [-0.05, 0) is 12.3 Å². The molecule has 0 aliphatic rings. The number of rotatable bonds is 3. The fourth-order valence-corrected chi connectivity index (χ4v) is 0.353. The molecule has 60 valence electrons. The van der Waals surface area contributed by atoms with Crippen LogP contribution >= 0.6 is 0 Å². The van der Waals surface area contributed by atoms with E-state index in [4.69, 9.17) is 5.21 Å². The van der Waals surface area contributed by atoms with E-state index in [9.17, 15) is 0 Å². The topological polar surface area (TPSA) is 32.3 Å². The lowest BCUT2D eigenvalue weighted by molar-refractivity contribution is 0.161. The molecular weight excluding hydrogens is 114 g/mol. The van der Waals surface area contributed by atoms with Gasteiger partial charge in [-0.1, -0.05) is 27.7 Å². The zero-order chi connectivity index (χ0) is 7.70. The maximum Gasteiger partial charge on any atom is 0.0209 e. The van der Waals surface area contributed by atoms with Crippen molar-refractivity contribution in [3.8, 4) is 0 Å². The number of hydrogen-bond acceptors (Lipinski definition) is 2. The van der Waals surface area contributed by atoms with E-state index in [1.54, 1.807) is 0 Å². The quantitative estimate of drug-likeness (QED) is 0.582. The van der Waals surface area contributed by atoms with Gasteiger partial charge in [0, 0.05) is 7.97 Å². The summed E-state index contributed by atoms with van der Waals surface area (Å²) >= 11 is 0. The summed E-state index contributed by atoms with van der Waals surface area (Å²) in [6, 6.07) is 0. The van der Waals surface area contributed by atoms with Gasteiger partial charge in [0.1, 0.15) is 0 Å². The van der Waals surface area contributed by atoms with Gasteiger partial charge in [0.15, 0.2) is 0 Å². The molecule has 0 saturated heterocycles. The van der Waals surface area contributed by atoms with Crippen LogP contribution in [-0.4, -0.2) is 11.8 Å². The third-order valence-corrected chi connectivity index (χ3v) is 0.833. The van der Waals surface area contributed by atoms with Crippen LogP contribution < -0.4 is 5.48 Å². The summed E-state index contributed by atoms with van der Waals surface area (Å²) in [5.74, 6) is 0.680. The first-order valence-electron chi connectivity index (χ1n) is 3.64. The van der Waals surface area contributed by atoms with E-state index in [0.29, 0.717) is 12.5 Å². The van der Waals surface area contributed by atoms with Crippen LogP contribution in [0.5, 0.6) is 0 Å². The molecule has 0 aliphatic heterocycles. The van der Waals surface area contributed by atoms with Crippen molar-refractivity contribution in [1.82, 2.24) is 5.48 Å². The molecule has 0 spiro atoms. The molecule has 0 unspecified atom stereocenters. The van der Waals surface area contributed by atoms with Crippen molar-refractivity contribution < 1.29 is 6.63 Å². The molecule has 0 bridgehead atoms. The van der Waals surface area contributed by atoms with Crippen molar-refractivity contribution in [2.45, 2.75) is 34.1 Å². The van der Waals surface area contributed by atoms with Gasteiger partial charge < -0.3 is 5.21 Å².